The van der Waals surface area contributed by atoms with E-state index in [9.17, 15) is 28.0 Å². The van der Waals surface area contributed by atoms with Gasteiger partial charge in [0.25, 0.3) is 15.9 Å². The molecule has 0 spiro atoms. The topological polar surface area (TPSA) is 206 Å². The Labute approximate surface area is 182 Å². The van der Waals surface area contributed by atoms with E-state index in [2.05, 4.69) is 20.5 Å². The van der Waals surface area contributed by atoms with Gasteiger partial charge in [-0.1, -0.05) is 12.1 Å². The van der Waals surface area contributed by atoms with Crippen LogP contribution in [-0.4, -0.2) is 44.3 Å². The highest BCUT2D eigenvalue weighted by molar-refractivity contribution is 7.93. The molecule has 12 nitrogen and oxygen atoms in total. The lowest BCUT2D eigenvalue weighted by Crippen LogP contribution is -2.46. The number of hydrogen-bond acceptors (Lipinski definition) is 10. The molecule has 1 atom stereocenters. The van der Waals surface area contributed by atoms with E-state index in [0.717, 1.165) is 11.3 Å². The maximum atomic E-state index is 12.7. The third-order valence-electron chi connectivity index (χ3n) is 4.02. The number of rotatable bonds is 12. The van der Waals surface area contributed by atoms with Gasteiger partial charge in [0, 0.05) is 0 Å². The summed E-state index contributed by atoms with van der Waals surface area (Å²) in [6.07, 6.45) is -0.258. The highest BCUT2D eigenvalue weighted by atomic mass is 32.2. The molecule has 0 aliphatic carbocycles. The van der Waals surface area contributed by atoms with Crippen LogP contribution in [0.3, 0.4) is 0 Å². The molecule has 0 unspecified atom stereocenters. The summed E-state index contributed by atoms with van der Waals surface area (Å²) in [5.41, 5.74) is 10.4. The van der Waals surface area contributed by atoms with Gasteiger partial charge in [-0.25, -0.2) is 13.2 Å². The number of hydrogen-bond donors (Lipinski definition) is 6. The molecule has 2 rings (SSSR count). The van der Waals surface area contributed by atoms with Gasteiger partial charge in [0.2, 0.25) is 0 Å². The second-order valence-corrected chi connectivity index (χ2v) is 8.88. The number of nitrogens with one attached hydrogen (secondary N) is 3. The van der Waals surface area contributed by atoms with Crippen LogP contribution in [0, 0.1) is 4.91 Å². The number of carbonyl (C=O) groups is 2. The zero-order chi connectivity index (χ0) is 23.0. The van der Waals surface area contributed by atoms with Gasteiger partial charge in [0.05, 0.1) is 5.69 Å². The Hall–Kier alpha value is -2.91. The van der Waals surface area contributed by atoms with Crippen LogP contribution in [0.5, 0.6) is 0 Å². The van der Waals surface area contributed by atoms with E-state index in [1.165, 1.54) is 35.7 Å². The number of sulfonamides is 1. The van der Waals surface area contributed by atoms with E-state index in [0.29, 0.717) is 13.0 Å². The zero-order valence-electron chi connectivity index (χ0n) is 16.1. The molecule has 1 aromatic carbocycles. The molecular formula is C17H22N6O6S2. The van der Waals surface area contributed by atoms with Crippen LogP contribution >= 0.6 is 11.3 Å². The summed E-state index contributed by atoms with van der Waals surface area (Å²) in [6.45, 7) is 0.353. The first-order valence-corrected chi connectivity index (χ1v) is 11.3. The van der Waals surface area contributed by atoms with Crippen molar-refractivity contribution in [3.8, 4) is 0 Å². The molecule has 0 saturated heterocycles. The third-order valence-corrected chi connectivity index (χ3v) is 6.35. The minimum Gasteiger partial charge on any atom is -0.480 e. The van der Waals surface area contributed by atoms with Crippen molar-refractivity contribution in [3.05, 3.63) is 45.5 Å². The van der Waals surface area contributed by atoms with Crippen molar-refractivity contribution in [3.63, 3.8) is 0 Å². The van der Waals surface area contributed by atoms with E-state index >= 15 is 0 Å². The lowest BCUT2D eigenvalue weighted by molar-refractivity contribution is -0.139. The van der Waals surface area contributed by atoms with Gasteiger partial charge >= 0.3 is 5.97 Å². The predicted molar refractivity (Wildman–Crippen MR) is 115 cm³/mol. The first-order chi connectivity index (χ1) is 14.7. The summed E-state index contributed by atoms with van der Waals surface area (Å²) in [6, 6.07) is 5.49. The molecule has 14 heteroatoms. The van der Waals surface area contributed by atoms with Crippen LogP contribution in [0.2, 0.25) is 0 Å². The SMILES string of the molecule is NC(N)NCCC[C@H](NC(=O)c1sccc1NS(=O)(=O)c1ccccc1N=O)C(=O)O. The van der Waals surface area contributed by atoms with E-state index in [1.54, 1.807) is 0 Å². The number of anilines is 1. The van der Waals surface area contributed by atoms with Crippen LogP contribution in [-0.2, 0) is 14.8 Å². The molecule has 0 radical (unpaired) electrons. The molecule has 1 aromatic heterocycles. The second-order valence-electron chi connectivity index (χ2n) is 6.31. The van der Waals surface area contributed by atoms with Gasteiger partial charge in [-0.2, -0.15) is 0 Å². The predicted octanol–water partition coefficient (Wildman–Crippen LogP) is 0.701. The molecular weight excluding hydrogens is 448 g/mol. The minimum absolute atomic E-state index is 0.0338. The van der Waals surface area contributed by atoms with Crippen LogP contribution < -0.4 is 26.8 Å². The summed E-state index contributed by atoms with van der Waals surface area (Å²) < 4.78 is 27.6. The third kappa shape index (κ3) is 6.80. The van der Waals surface area contributed by atoms with Gasteiger partial charge in [0.1, 0.15) is 27.8 Å². The summed E-state index contributed by atoms with van der Waals surface area (Å²) in [4.78, 5) is 34.6. The first kappa shape index (κ1) is 24.4. The highest BCUT2D eigenvalue weighted by Crippen LogP contribution is 2.29. The van der Waals surface area contributed by atoms with E-state index in [4.69, 9.17) is 11.5 Å². The molecule has 31 heavy (non-hydrogen) atoms. The summed E-state index contributed by atoms with van der Waals surface area (Å²) >= 11 is 0.927. The number of carbonyl (C=O) groups excluding carboxylic acids is 1. The fraction of sp³-hybridized carbons (Fsp3) is 0.294. The Kier molecular flexibility index (Phi) is 8.58. The molecule has 168 valence electrons. The molecule has 0 aliphatic heterocycles. The number of carboxylic acids is 1. The summed E-state index contributed by atoms with van der Waals surface area (Å²) in [5, 5.41) is 18.6. The van der Waals surface area contributed by atoms with Crippen molar-refractivity contribution in [2.45, 2.75) is 30.1 Å². The van der Waals surface area contributed by atoms with Crippen LogP contribution in [0.1, 0.15) is 22.5 Å². The number of nitrogens with two attached hydrogens (primary N) is 2. The average molecular weight is 471 g/mol. The largest absolute Gasteiger partial charge is 0.480 e. The maximum Gasteiger partial charge on any atom is 0.326 e. The number of nitroso groups, excluding NO2 is 1. The maximum absolute atomic E-state index is 12.7. The normalized spacial score (nSPS) is 12.4. The number of carboxylic acid groups (broad SMARTS) is 1. The second kappa shape index (κ2) is 10.9. The minimum atomic E-state index is -4.22. The van der Waals surface area contributed by atoms with Crippen molar-refractivity contribution in [1.82, 2.24) is 10.6 Å². The van der Waals surface area contributed by atoms with Gasteiger partial charge in [-0.05, 0) is 48.1 Å². The van der Waals surface area contributed by atoms with Gasteiger partial charge in [-0.3, -0.25) is 14.8 Å². The fourth-order valence-electron chi connectivity index (χ4n) is 2.58. The van der Waals surface area contributed by atoms with Crippen molar-refractivity contribution in [1.29, 1.82) is 0 Å². The molecule has 0 bridgehead atoms. The van der Waals surface area contributed by atoms with Crippen LogP contribution in [0.25, 0.3) is 0 Å². The van der Waals surface area contributed by atoms with E-state index < -0.39 is 34.2 Å². The quantitative estimate of drug-likeness (QED) is 0.146. The van der Waals surface area contributed by atoms with E-state index in [1.807, 2.05) is 0 Å². The average Bonchev–Trinajstić information content (AvgIpc) is 3.17. The Morgan fingerprint density at radius 3 is 2.55 bits per heavy atom. The van der Waals surface area contributed by atoms with Crippen molar-refractivity contribution in [2.75, 3.05) is 11.3 Å². The number of aliphatic carboxylic acids is 1. The van der Waals surface area contributed by atoms with Crippen molar-refractivity contribution in [2.24, 2.45) is 16.6 Å². The first-order valence-electron chi connectivity index (χ1n) is 8.96. The standard InChI is InChI=1S/C17H22N6O6S2/c18-17(19)20-8-3-5-12(16(25)26)21-15(24)14-11(7-9-30-14)23-31(28,29)13-6-2-1-4-10(13)22-27/h1-2,4,6-7,9,12,17,20,23H,3,5,8,18-19H2,(H,21,24)(H,25,26)/t12-/m0/s1. The van der Waals surface area contributed by atoms with E-state index in [-0.39, 0.29) is 27.6 Å². The van der Waals surface area contributed by atoms with Crippen LogP contribution in [0.4, 0.5) is 11.4 Å². The molecule has 1 heterocycles. The molecule has 8 N–H and O–H groups in total. The summed E-state index contributed by atoms with van der Waals surface area (Å²) in [5.74, 6) is -2.00. The molecule has 2 aromatic rings. The number of nitrogens with zero attached hydrogens (tertiary/aromatic N) is 1. The van der Waals surface area contributed by atoms with Crippen molar-refractivity contribution >= 4 is 44.6 Å². The zero-order valence-corrected chi connectivity index (χ0v) is 17.8. The lowest BCUT2D eigenvalue weighted by Gasteiger charge is -2.16. The van der Waals surface area contributed by atoms with Gasteiger partial charge in [-0.15, -0.1) is 16.2 Å². The van der Waals surface area contributed by atoms with Crippen LogP contribution in [0.15, 0.2) is 45.8 Å². The Bertz CT molecular complexity index is 1040. The van der Waals surface area contributed by atoms with Gasteiger partial charge in [0.15, 0.2) is 0 Å². The lowest BCUT2D eigenvalue weighted by atomic mass is 10.1. The molecule has 0 saturated carbocycles. The number of amides is 1. The Morgan fingerprint density at radius 2 is 1.90 bits per heavy atom. The van der Waals surface area contributed by atoms with Crippen molar-refractivity contribution < 1.29 is 23.1 Å². The molecule has 0 aliphatic rings. The number of benzene rings is 1. The van der Waals surface area contributed by atoms with Gasteiger partial charge < -0.3 is 21.9 Å². The summed E-state index contributed by atoms with van der Waals surface area (Å²) in [7, 11) is -4.22. The monoisotopic (exact) mass is 470 g/mol. The highest BCUT2D eigenvalue weighted by Gasteiger charge is 2.25. The molecule has 1 amide bonds. The Balaban J connectivity index is 2.13. The fourth-order valence-corrected chi connectivity index (χ4v) is 4.61. The Morgan fingerprint density at radius 1 is 1.19 bits per heavy atom. The smallest absolute Gasteiger partial charge is 0.326 e. The number of thiophene rings is 1. The molecule has 0 fully saturated rings.